The average Bonchev–Trinajstić information content (AvgIpc) is 2.30. The maximum absolute atomic E-state index is 11.7. The second kappa shape index (κ2) is 7.47. The summed E-state index contributed by atoms with van der Waals surface area (Å²) < 4.78 is 0. The molecule has 0 spiro atoms. The third kappa shape index (κ3) is 4.99. The molecule has 2 amide bonds. The number of hydrogen-bond acceptors (Lipinski definition) is 3. The van der Waals surface area contributed by atoms with E-state index in [-0.39, 0.29) is 30.0 Å². The zero-order chi connectivity index (χ0) is 14.3. The van der Waals surface area contributed by atoms with E-state index < -0.39 is 5.97 Å². The predicted octanol–water partition coefficient (Wildman–Crippen LogP) is 0.246. The van der Waals surface area contributed by atoms with Gasteiger partial charge in [0.1, 0.15) is 0 Å². The highest BCUT2D eigenvalue weighted by molar-refractivity contribution is 5.86. The van der Waals surface area contributed by atoms with Gasteiger partial charge < -0.3 is 15.3 Å². The molecule has 0 rings (SSSR count). The quantitative estimate of drug-likeness (QED) is 0.505. The van der Waals surface area contributed by atoms with Crippen molar-refractivity contribution in [2.75, 3.05) is 13.6 Å². The number of carboxylic acid groups (broad SMARTS) is 1. The molecule has 0 aliphatic carbocycles. The molecule has 0 bridgehead atoms. The molecule has 102 valence electrons. The Morgan fingerprint density at radius 1 is 1.39 bits per heavy atom. The van der Waals surface area contributed by atoms with Gasteiger partial charge >= 0.3 is 5.97 Å². The number of carbonyl (C=O) groups excluding carboxylic acids is 2. The van der Waals surface area contributed by atoms with E-state index in [1.165, 1.54) is 11.8 Å². The number of rotatable bonds is 7. The molecule has 6 heteroatoms. The number of carbonyl (C=O) groups is 3. The van der Waals surface area contributed by atoms with Gasteiger partial charge in [0, 0.05) is 12.6 Å². The molecule has 0 saturated heterocycles. The largest absolute Gasteiger partial charge is 0.478 e. The van der Waals surface area contributed by atoms with E-state index in [1.807, 2.05) is 13.8 Å². The molecular formula is C12H20N2O4. The van der Waals surface area contributed by atoms with Crippen LogP contribution in [-0.2, 0) is 14.4 Å². The van der Waals surface area contributed by atoms with Crippen LogP contribution < -0.4 is 5.32 Å². The Hall–Kier alpha value is -1.85. The highest BCUT2D eigenvalue weighted by Gasteiger charge is 2.21. The molecule has 0 heterocycles. The minimum absolute atomic E-state index is 0.0736. The van der Waals surface area contributed by atoms with Crippen molar-refractivity contribution in [3.63, 3.8) is 0 Å². The van der Waals surface area contributed by atoms with Gasteiger partial charge in [0.2, 0.25) is 12.3 Å². The minimum atomic E-state index is -1.01. The zero-order valence-corrected chi connectivity index (χ0v) is 11.1. The molecule has 1 atom stereocenters. The van der Waals surface area contributed by atoms with E-state index in [0.29, 0.717) is 6.41 Å². The Morgan fingerprint density at radius 2 is 1.94 bits per heavy atom. The fraction of sp³-hybridized carbons (Fsp3) is 0.583. The second-order valence-corrected chi connectivity index (χ2v) is 4.39. The number of carboxylic acids is 1. The molecule has 18 heavy (non-hydrogen) atoms. The molecule has 0 aromatic rings. The first-order chi connectivity index (χ1) is 8.31. The molecule has 0 aromatic heterocycles. The van der Waals surface area contributed by atoms with Crippen LogP contribution in [0.1, 0.15) is 20.8 Å². The van der Waals surface area contributed by atoms with Gasteiger partial charge in [0.25, 0.3) is 0 Å². The van der Waals surface area contributed by atoms with Crippen molar-refractivity contribution in [1.82, 2.24) is 10.2 Å². The van der Waals surface area contributed by atoms with E-state index in [4.69, 9.17) is 5.11 Å². The Morgan fingerprint density at radius 3 is 2.33 bits per heavy atom. The molecule has 0 aliphatic heterocycles. The van der Waals surface area contributed by atoms with Gasteiger partial charge in [0.15, 0.2) is 0 Å². The van der Waals surface area contributed by atoms with Crippen LogP contribution in [0.5, 0.6) is 0 Å². The maximum Gasteiger partial charge on any atom is 0.331 e. The lowest BCUT2D eigenvalue weighted by atomic mass is 10.00. The predicted molar refractivity (Wildman–Crippen MR) is 66.9 cm³/mol. The van der Waals surface area contributed by atoms with Crippen LogP contribution in [0.4, 0.5) is 0 Å². The van der Waals surface area contributed by atoms with Crippen LogP contribution in [0, 0.1) is 5.92 Å². The van der Waals surface area contributed by atoms with Gasteiger partial charge in [-0.05, 0) is 12.8 Å². The Bertz CT molecular complexity index is 350. The van der Waals surface area contributed by atoms with Crippen molar-refractivity contribution >= 4 is 18.3 Å². The Kier molecular flexibility index (Phi) is 6.70. The van der Waals surface area contributed by atoms with Gasteiger partial charge in [-0.1, -0.05) is 19.9 Å². The normalized spacial score (nSPS) is 13.1. The first-order valence-electron chi connectivity index (χ1n) is 5.65. The molecule has 0 aliphatic rings. The van der Waals surface area contributed by atoms with Gasteiger partial charge in [0.05, 0.1) is 12.6 Å². The fourth-order valence-corrected chi connectivity index (χ4v) is 1.50. The first kappa shape index (κ1) is 16.1. The highest BCUT2D eigenvalue weighted by Crippen LogP contribution is 2.13. The lowest BCUT2D eigenvalue weighted by Gasteiger charge is -2.29. The van der Waals surface area contributed by atoms with Crippen molar-refractivity contribution in [3.8, 4) is 0 Å². The summed E-state index contributed by atoms with van der Waals surface area (Å²) in [7, 11) is 1.59. The molecule has 0 radical (unpaired) electrons. The summed E-state index contributed by atoms with van der Waals surface area (Å²) in [5.74, 6) is -1.20. The summed E-state index contributed by atoms with van der Waals surface area (Å²) in [4.78, 5) is 34.1. The Labute approximate surface area is 107 Å². The number of amides is 2. The van der Waals surface area contributed by atoms with Crippen molar-refractivity contribution in [2.24, 2.45) is 5.92 Å². The number of nitrogens with one attached hydrogen (secondary N) is 1. The van der Waals surface area contributed by atoms with E-state index in [1.54, 1.807) is 13.1 Å². The maximum atomic E-state index is 11.7. The first-order valence-corrected chi connectivity index (χ1v) is 5.65. The zero-order valence-electron chi connectivity index (χ0n) is 11.1. The number of likely N-dealkylation sites (N-methyl/N-ethyl adjacent to an activating group) is 1. The van der Waals surface area contributed by atoms with E-state index in [0.717, 1.165) is 0 Å². The second-order valence-electron chi connectivity index (χ2n) is 4.39. The highest BCUT2D eigenvalue weighted by atomic mass is 16.4. The summed E-state index contributed by atoms with van der Waals surface area (Å²) in [5, 5.41) is 11.1. The van der Waals surface area contributed by atoms with Gasteiger partial charge in [-0.2, -0.15) is 0 Å². The molecule has 0 unspecified atom stereocenters. The smallest absolute Gasteiger partial charge is 0.331 e. The summed E-state index contributed by atoms with van der Waals surface area (Å²) in [6, 6.07) is -0.318. The Balaban J connectivity index is 4.90. The molecule has 0 saturated carbocycles. The number of hydrogen-bond donors (Lipinski definition) is 2. The van der Waals surface area contributed by atoms with Crippen molar-refractivity contribution in [1.29, 1.82) is 0 Å². The van der Waals surface area contributed by atoms with E-state index in [9.17, 15) is 14.4 Å². The standard InChI is InChI=1S/C12H20N2O4/c1-8(2)10(5-9(3)12(17)18)14(4)11(16)6-13-7-15/h5,7-8,10H,6H2,1-4H3,(H,13,15)(H,17,18)/b9-5+/t10-/m1/s1. The van der Waals surface area contributed by atoms with E-state index >= 15 is 0 Å². The summed E-state index contributed by atoms with van der Waals surface area (Å²) in [6.07, 6.45) is 2.00. The molecule has 2 N–H and O–H groups in total. The number of nitrogens with zero attached hydrogens (tertiary/aromatic N) is 1. The SMILES string of the molecule is C/C(=C\[C@H](C(C)C)N(C)C(=O)CNC=O)C(=O)O. The average molecular weight is 256 g/mol. The number of aliphatic carboxylic acids is 1. The van der Waals surface area contributed by atoms with Crippen LogP contribution in [0.15, 0.2) is 11.6 Å². The van der Waals surface area contributed by atoms with Crippen molar-refractivity contribution < 1.29 is 19.5 Å². The summed E-state index contributed by atoms with van der Waals surface area (Å²) in [5.41, 5.74) is 0.191. The van der Waals surface area contributed by atoms with Crippen LogP contribution in [0.3, 0.4) is 0 Å². The van der Waals surface area contributed by atoms with Crippen LogP contribution in [0.2, 0.25) is 0 Å². The lowest BCUT2D eigenvalue weighted by Crippen LogP contribution is -2.43. The van der Waals surface area contributed by atoms with Gasteiger partial charge in [-0.15, -0.1) is 0 Å². The molecule has 0 fully saturated rings. The van der Waals surface area contributed by atoms with Gasteiger partial charge in [-0.3, -0.25) is 9.59 Å². The van der Waals surface area contributed by atoms with Gasteiger partial charge in [-0.25, -0.2) is 4.79 Å². The van der Waals surface area contributed by atoms with Crippen LogP contribution in [0.25, 0.3) is 0 Å². The topological polar surface area (TPSA) is 86.7 Å². The van der Waals surface area contributed by atoms with Crippen LogP contribution in [-0.4, -0.2) is 47.9 Å². The molecule has 0 aromatic carbocycles. The van der Waals surface area contributed by atoms with Crippen molar-refractivity contribution in [2.45, 2.75) is 26.8 Å². The summed E-state index contributed by atoms with van der Waals surface area (Å²) >= 11 is 0. The van der Waals surface area contributed by atoms with Crippen LogP contribution >= 0.6 is 0 Å². The van der Waals surface area contributed by atoms with E-state index in [2.05, 4.69) is 5.32 Å². The lowest BCUT2D eigenvalue weighted by molar-refractivity contribution is -0.133. The monoisotopic (exact) mass is 256 g/mol. The third-order valence-corrected chi connectivity index (χ3v) is 2.62. The molecule has 6 nitrogen and oxygen atoms in total. The van der Waals surface area contributed by atoms with Crippen molar-refractivity contribution in [3.05, 3.63) is 11.6 Å². The fourth-order valence-electron chi connectivity index (χ4n) is 1.50. The summed E-state index contributed by atoms with van der Waals surface area (Å²) in [6.45, 7) is 5.18. The molecular weight excluding hydrogens is 236 g/mol. The third-order valence-electron chi connectivity index (χ3n) is 2.62. The minimum Gasteiger partial charge on any atom is -0.478 e.